The lowest BCUT2D eigenvalue weighted by Crippen LogP contribution is -2.54. The molecule has 12 heteroatoms. The molecule has 2 N–H and O–H groups in total. The number of carbonyl (C=O) groups is 4. The zero-order valence-electron chi connectivity index (χ0n) is 31.8. The Bertz CT molecular complexity index is 2110. The molecule has 4 amide bonds. The van der Waals surface area contributed by atoms with E-state index in [9.17, 15) is 19.2 Å². The number of pyridine rings is 1. The Labute approximate surface area is 326 Å². The number of hydrogen-bond donors (Lipinski definition) is 2. The van der Waals surface area contributed by atoms with Crippen LogP contribution < -0.4 is 25.0 Å². The number of aromatic nitrogens is 1. The topological polar surface area (TPSA) is 139 Å². The van der Waals surface area contributed by atoms with Crippen molar-refractivity contribution < 1.29 is 33.4 Å². The molecular weight excluding hydrogens is 711 g/mol. The predicted octanol–water partition coefficient (Wildman–Crippen LogP) is 5.49. The number of morpholine rings is 1. The molecule has 3 aromatic carbocycles. The fourth-order valence-electron chi connectivity index (χ4n) is 8.30. The van der Waals surface area contributed by atoms with Gasteiger partial charge in [0, 0.05) is 43.2 Å². The van der Waals surface area contributed by atoms with Crippen LogP contribution in [-0.2, 0) is 26.3 Å². The van der Waals surface area contributed by atoms with E-state index >= 15 is 0 Å². The minimum absolute atomic E-state index is 0.0264. The van der Waals surface area contributed by atoms with Crippen molar-refractivity contribution in [2.24, 2.45) is 0 Å². The summed E-state index contributed by atoms with van der Waals surface area (Å²) in [4.78, 5) is 59.5. The first kappa shape index (κ1) is 37.3. The largest absolute Gasteiger partial charge is 0.491 e. The minimum atomic E-state index is -1.01. The third-order valence-electron chi connectivity index (χ3n) is 11.6. The maximum absolute atomic E-state index is 13.8. The number of hydrogen-bond acceptors (Lipinski definition) is 10. The summed E-state index contributed by atoms with van der Waals surface area (Å²) in [6.45, 7) is 8.14. The molecule has 0 radical (unpaired) electrons. The van der Waals surface area contributed by atoms with E-state index in [2.05, 4.69) is 64.7 Å². The lowest BCUT2D eigenvalue weighted by atomic mass is 9.78. The average Bonchev–Trinajstić information content (AvgIpc) is 3.48. The van der Waals surface area contributed by atoms with Crippen LogP contribution in [0.1, 0.15) is 95.2 Å². The highest BCUT2D eigenvalue weighted by atomic mass is 16.5. The second-order valence-electron chi connectivity index (χ2n) is 15.4. The minimum Gasteiger partial charge on any atom is -0.491 e. The summed E-state index contributed by atoms with van der Waals surface area (Å²) >= 11 is 0. The Morgan fingerprint density at radius 2 is 1.61 bits per heavy atom. The molecule has 0 saturated carbocycles. The normalized spacial score (nSPS) is 21.5. The van der Waals surface area contributed by atoms with Crippen molar-refractivity contribution in [3.63, 3.8) is 0 Å². The molecule has 5 heterocycles. The SMILES string of the molecule is CC(C)(c1ccc(OCc2ncccc2C2CNCCO2)cc1)c1ccc(OCC2CCCCN2c2cccc3c2C(=O)N(C2CCC(=O)NC2=O)C3=O)cc1. The van der Waals surface area contributed by atoms with Gasteiger partial charge >= 0.3 is 0 Å². The van der Waals surface area contributed by atoms with Gasteiger partial charge in [0.25, 0.3) is 11.8 Å². The number of imide groups is 2. The number of piperidine rings is 2. The Morgan fingerprint density at radius 1 is 0.857 bits per heavy atom. The molecule has 56 heavy (non-hydrogen) atoms. The zero-order chi connectivity index (χ0) is 38.8. The third-order valence-corrected chi connectivity index (χ3v) is 11.6. The Balaban J connectivity index is 0.906. The Hall–Kier alpha value is -5.59. The van der Waals surface area contributed by atoms with E-state index in [1.807, 2.05) is 36.4 Å². The summed E-state index contributed by atoms with van der Waals surface area (Å²) in [7, 11) is 0. The van der Waals surface area contributed by atoms with Crippen LogP contribution in [0.3, 0.4) is 0 Å². The average molecular weight is 758 g/mol. The maximum atomic E-state index is 13.8. The van der Waals surface area contributed by atoms with Crippen LogP contribution >= 0.6 is 0 Å². The highest BCUT2D eigenvalue weighted by Gasteiger charge is 2.46. The van der Waals surface area contributed by atoms with Crippen LogP contribution in [0.2, 0.25) is 0 Å². The van der Waals surface area contributed by atoms with E-state index in [-0.39, 0.29) is 36.0 Å². The summed E-state index contributed by atoms with van der Waals surface area (Å²) in [6.07, 6.45) is 4.77. The molecule has 3 unspecified atom stereocenters. The molecule has 0 spiro atoms. The number of fused-ring (bicyclic) bond motifs is 1. The van der Waals surface area contributed by atoms with Gasteiger partial charge in [-0.1, -0.05) is 50.2 Å². The van der Waals surface area contributed by atoms with Crippen molar-refractivity contribution in [2.45, 2.75) is 76.2 Å². The number of amides is 4. The smallest absolute Gasteiger partial charge is 0.264 e. The standard InChI is InChI=1S/C44H47N5O7/c1-44(2,29-13-17-32(18-14-29)56-27-35-33(9-6-21-46-35)38-25-45-22-24-54-38)28-11-15-31(16-12-28)55-26-30-7-3-4-23-48(30)36-10-5-8-34-40(36)43(53)49(42(34)52)37-19-20-39(50)47-41(37)51/h5-6,8-18,21,30,37-38,45H,3-4,7,19-20,22-27H2,1-2H3,(H,47,50,51). The summed E-state index contributed by atoms with van der Waals surface area (Å²) in [6, 6.07) is 24.7. The van der Waals surface area contributed by atoms with Crippen molar-refractivity contribution in [3.8, 4) is 11.5 Å². The number of benzene rings is 3. The van der Waals surface area contributed by atoms with Crippen LogP contribution in [0.15, 0.2) is 85.1 Å². The maximum Gasteiger partial charge on any atom is 0.264 e. The van der Waals surface area contributed by atoms with Crippen molar-refractivity contribution in [2.75, 3.05) is 37.7 Å². The van der Waals surface area contributed by atoms with Gasteiger partial charge in [-0.15, -0.1) is 0 Å². The van der Waals surface area contributed by atoms with Gasteiger partial charge < -0.3 is 24.4 Å². The van der Waals surface area contributed by atoms with Crippen molar-refractivity contribution in [1.29, 1.82) is 0 Å². The number of nitrogens with zero attached hydrogens (tertiary/aromatic N) is 3. The van der Waals surface area contributed by atoms with Gasteiger partial charge in [-0.05, 0) is 79.3 Å². The first-order valence-electron chi connectivity index (χ1n) is 19.5. The molecule has 0 bridgehead atoms. The van der Waals surface area contributed by atoms with E-state index in [4.69, 9.17) is 14.2 Å². The molecule has 3 fully saturated rings. The van der Waals surface area contributed by atoms with Gasteiger partial charge in [0.1, 0.15) is 30.8 Å². The number of anilines is 1. The van der Waals surface area contributed by atoms with Gasteiger partial charge in [-0.2, -0.15) is 0 Å². The van der Waals surface area contributed by atoms with Crippen LogP contribution in [-0.4, -0.2) is 78.4 Å². The number of carbonyl (C=O) groups excluding carboxylic acids is 4. The number of rotatable bonds is 11. The number of ether oxygens (including phenoxy) is 3. The molecular formula is C44H47N5O7. The molecule has 0 aliphatic carbocycles. The lowest BCUT2D eigenvalue weighted by Gasteiger charge is -2.38. The first-order valence-corrected chi connectivity index (χ1v) is 19.5. The second kappa shape index (κ2) is 15.9. The van der Waals surface area contributed by atoms with Gasteiger partial charge in [-0.3, -0.25) is 34.4 Å². The van der Waals surface area contributed by atoms with E-state index in [0.717, 1.165) is 71.1 Å². The molecule has 290 valence electrons. The summed E-state index contributed by atoms with van der Waals surface area (Å²) in [5, 5.41) is 5.65. The third kappa shape index (κ3) is 7.38. The fourth-order valence-corrected chi connectivity index (χ4v) is 8.30. The van der Waals surface area contributed by atoms with Crippen molar-refractivity contribution >= 4 is 29.3 Å². The van der Waals surface area contributed by atoms with Crippen LogP contribution in [0.5, 0.6) is 11.5 Å². The van der Waals surface area contributed by atoms with E-state index in [0.29, 0.717) is 37.6 Å². The molecule has 3 saturated heterocycles. The highest BCUT2D eigenvalue weighted by Crippen LogP contribution is 2.38. The molecule has 12 nitrogen and oxygen atoms in total. The van der Waals surface area contributed by atoms with Gasteiger partial charge in [-0.25, -0.2) is 0 Å². The summed E-state index contributed by atoms with van der Waals surface area (Å²) in [5.74, 6) is -0.500. The van der Waals surface area contributed by atoms with Gasteiger partial charge in [0.2, 0.25) is 11.8 Å². The summed E-state index contributed by atoms with van der Waals surface area (Å²) in [5.41, 5.74) is 5.19. The Morgan fingerprint density at radius 3 is 2.32 bits per heavy atom. The molecule has 4 aliphatic heterocycles. The van der Waals surface area contributed by atoms with Gasteiger partial charge in [0.15, 0.2) is 0 Å². The van der Waals surface area contributed by atoms with E-state index < -0.39 is 29.7 Å². The summed E-state index contributed by atoms with van der Waals surface area (Å²) < 4.78 is 18.5. The van der Waals surface area contributed by atoms with E-state index in [1.165, 1.54) is 0 Å². The van der Waals surface area contributed by atoms with Crippen molar-refractivity contribution in [1.82, 2.24) is 20.5 Å². The highest BCUT2D eigenvalue weighted by molar-refractivity contribution is 6.25. The van der Waals surface area contributed by atoms with Crippen LogP contribution in [0, 0.1) is 0 Å². The molecule has 3 atom stereocenters. The zero-order valence-corrected chi connectivity index (χ0v) is 31.8. The predicted molar refractivity (Wildman–Crippen MR) is 209 cm³/mol. The van der Waals surface area contributed by atoms with E-state index in [1.54, 1.807) is 18.3 Å². The lowest BCUT2D eigenvalue weighted by molar-refractivity contribution is -0.136. The quantitative estimate of drug-likeness (QED) is 0.189. The fraction of sp³-hybridized carbons (Fsp3) is 0.386. The molecule has 1 aromatic heterocycles. The Kier molecular flexibility index (Phi) is 10.6. The van der Waals surface area contributed by atoms with Gasteiger partial charge in [0.05, 0.1) is 41.3 Å². The molecule has 8 rings (SSSR count). The van der Waals surface area contributed by atoms with Crippen molar-refractivity contribution in [3.05, 3.63) is 119 Å². The number of nitrogens with one attached hydrogen (secondary N) is 2. The van der Waals surface area contributed by atoms with Crippen LogP contribution in [0.25, 0.3) is 0 Å². The molecule has 4 aromatic rings. The monoisotopic (exact) mass is 757 g/mol. The molecule has 4 aliphatic rings. The van der Waals surface area contributed by atoms with Crippen LogP contribution in [0.4, 0.5) is 5.69 Å². The first-order chi connectivity index (χ1) is 27.2. The second-order valence-corrected chi connectivity index (χ2v) is 15.4.